The van der Waals surface area contributed by atoms with E-state index in [9.17, 15) is 18.0 Å². The fourth-order valence-corrected chi connectivity index (χ4v) is 2.41. The molecule has 0 fully saturated rings. The summed E-state index contributed by atoms with van der Waals surface area (Å²) in [4.78, 5) is 11.0. The van der Waals surface area contributed by atoms with E-state index < -0.39 is 23.8 Å². The Balaban J connectivity index is 2.66. The minimum absolute atomic E-state index is 0.0668. The molecule has 0 aliphatic rings. The summed E-state index contributed by atoms with van der Waals surface area (Å²) in [6, 6.07) is 2.97. The van der Waals surface area contributed by atoms with E-state index in [4.69, 9.17) is 9.84 Å². The second kappa shape index (κ2) is 6.18. The van der Waals surface area contributed by atoms with Crippen LogP contribution >= 0.6 is 0 Å². The topological polar surface area (TPSA) is 64.4 Å². The standard InChI is InChI=1S/C16H17F3N2O3/c1-8-14(9(2)21(4)20-8)12-7-11(16(17,18)19)5-6-13(12)24-10(3)15(22)23/h5-7,10H,1-4H3,(H,22,23)/t10-/m0/s1. The van der Waals surface area contributed by atoms with Crippen LogP contribution in [0.5, 0.6) is 5.75 Å². The molecule has 8 heteroatoms. The average Bonchev–Trinajstić information content (AvgIpc) is 2.71. The Labute approximate surface area is 136 Å². The monoisotopic (exact) mass is 342 g/mol. The van der Waals surface area contributed by atoms with E-state index in [0.29, 0.717) is 17.0 Å². The molecule has 1 aromatic heterocycles. The largest absolute Gasteiger partial charge is 0.479 e. The lowest BCUT2D eigenvalue weighted by atomic mass is 10.00. The highest BCUT2D eigenvalue weighted by Crippen LogP contribution is 2.39. The summed E-state index contributed by atoms with van der Waals surface area (Å²) in [5.74, 6) is -1.14. The third-order valence-electron chi connectivity index (χ3n) is 3.74. The lowest BCUT2D eigenvalue weighted by Gasteiger charge is -2.17. The summed E-state index contributed by atoms with van der Waals surface area (Å²) in [6.07, 6.45) is -5.71. The van der Waals surface area contributed by atoms with Crippen molar-refractivity contribution < 1.29 is 27.8 Å². The Morgan fingerprint density at radius 1 is 1.33 bits per heavy atom. The molecule has 0 radical (unpaired) electrons. The van der Waals surface area contributed by atoms with Crippen LogP contribution in [0.25, 0.3) is 11.1 Å². The summed E-state index contributed by atoms with van der Waals surface area (Å²) < 4.78 is 46.1. The molecular weight excluding hydrogens is 325 g/mol. The number of nitrogens with zero attached hydrogens (tertiary/aromatic N) is 2. The van der Waals surface area contributed by atoms with Gasteiger partial charge in [-0.15, -0.1) is 0 Å². The van der Waals surface area contributed by atoms with E-state index in [2.05, 4.69) is 5.10 Å². The third-order valence-corrected chi connectivity index (χ3v) is 3.74. The quantitative estimate of drug-likeness (QED) is 0.922. The molecule has 0 spiro atoms. The predicted molar refractivity (Wildman–Crippen MR) is 80.8 cm³/mol. The van der Waals surface area contributed by atoms with E-state index in [1.807, 2.05) is 0 Å². The van der Waals surface area contributed by atoms with E-state index in [0.717, 1.165) is 18.2 Å². The highest BCUT2D eigenvalue weighted by atomic mass is 19.4. The van der Waals surface area contributed by atoms with Crippen molar-refractivity contribution in [1.29, 1.82) is 0 Å². The minimum Gasteiger partial charge on any atom is -0.479 e. The van der Waals surface area contributed by atoms with E-state index >= 15 is 0 Å². The highest BCUT2D eigenvalue weighted by Gasteiger charge is 2.32. The Hall–Kier alpha value is -2.51. The molecule has 0 amide bonds. The van der Waals surface area contributed by atoms with Crippen LogP contribution in [-0.4, -0.2) is 27.0 Å². The molecule has 1 heterocycles. The number of aromatic nitrogens is 2. The Kier molecular flexibility index (Phi) is 4.59. The van der Waals surface area contributed by atoms with Crippen LogP contribution in [0, 0.1) is 13.8 Å². The molecule has 0 aliphatic heterocycles. The number of halogens is 3. The first-order valence-electron chi connectivity index (χ1n) is 7.13. The molecule has 1 atom stereocenters. The van der Waals surface area contributed by atoms with Crippen LogP contribution in [0.1, 0.15) is 23.9 Å². The van der Waals surface area contributed by atoms with Gasteiger partial charge in [-0.2, -0.15) is 18.3 Å². The first-order chi connectivity index (χ1) is 11.0. The van der Waals surface area contributed by atoms with Gasteiger partial charge in [0.15, 0.2) is 6.10 Å². The molecule has 24 heavy (non-hydrogen) atoms. The molecular formula is C16H17F3N2O3. The van der Waals surface area contributed by atoms with Gasteiger partial charge in [-0.25, -0.2) is 4.79 Å². The molecule has 0 aliphatic carbocycles. The maximum atomic E-state index is 13.1. The third kappa shape index (κ3) is 3.37. The smallest absolute Gasteiger partial charge is 0.416 e. The molecule has 0 saturated carbocycles. The van der Waals surface area contributed by atoms with Gasteiger partial charge in [0.1, 0.15) is 5.75 Å². The van der Waals surface area contributed by atoms with Crippen LogP contribution in [0.2, 0.25) is 0 Å². The van der Waals surface area contributed by atoms with Gasteiger partial charge in [0, 0.05) is 23.9 Å². The molecule has 130 valence electrons. The maximum Gasteiger partial charge on any atom is 0.416 e. The molecule has 1 N–H and O–H groups in total. The number of benzene rings is 1. The van der Waals surface area contributed by atoms with Gasteiger partial charge >= 0.3 is 12.1 Å². The molecule has 1 aromatic carbocycles. The Bertz CT molecular complexity index is 782. The first kappa shape index (κ1) is 17.8. The van der Waals surface area contributed by atoms with E-state index in [-0.39, 0.29) is 11.3 Å². The fourth-order valence-electron chi connectivity index (χ4n) is 2.41. The normalized spacial score (nSPS) is 13.0. The molecule has 2 aromatic rings. The number of aliphatic carboxylic acids is 1. The lowest BCUT2D eigenvalue weighted by molar-refractivity contribution is -0.144. The zero-order chi connectivity index (χ0) is 18.2. The van der Waals surface area contributed by atoms with Gasteiger partial charge < -0.3 is 9.84 Å². The van der Waals surface area contributed by atoms with Crippen LogP contribution in [0.15, 0.2) is 18.2 Å². The summed E-state index contributed by atoms with van der Waals surface area (Å²) in [5.41, 5.74) is 1.01. The second-order valence-electron chi connectivity index (χ2n) is 5.48. The zero-order valence-electron chi connectivity index (χ0n) is 13.6. The van der Waals surface area contributed by atoms with Crippen LogP contribution in [0.3, 0.4) is 0 Å². The predicted octanol–water partition coefficient (Wildman–Crippen LogP) is 3.57. The first-order valence-corrected chi connectivity index (χ1v) is 7.13. The Morgan fingerprint density at radius 2 is 1.96 bits per heavy atom. The molecule has 5 nitrogen and oxygen atoms in total. The highest BCUT2D eigenvalue weighted by molar-refractivity contribution is 5.77. The molecule has 0 saturated heterocycles. The van der Waals surface area contributed by atoms with Gasteiger partial charge in [0.2, 0.25) is 0 Å². The SMILES string of the molecule is Cc1nn(C)c(C)c1-c1cc(C(F)(F)F)ccc1O[C@@H](C)C(=O)O. The fraction of sp³-hybridized carbons (Fsp3) is 0.375. The summed E-state index contributed by atoms with van der Waals surface area (Å²) in [6.45, 7) is 4.71. The van der Waals surface area contributed by atoms with Crippen molar-refractivity contribution in [2.45, 2.75) is 33.1 Å². The van der Waals surface area contributed by atoms with Crippen molar-refractivity contribution in [3.05, 3.63) is 35.2 Å². The van der Waals surface area contributed by atoms with E-state index in [1.165, 1.54) is 6.92 Å². The van der Waals surface area contributed by atoms with Gasteiger partial charge in [-0.05, 0) is 39.0 Å². The van der Waals surface area contributed by atoms with Crippen LogP contribution in [-0.2, 0) is 18.0 Å². The Morgan fingerprint density at radius 3 is 2.42 bits per heavy atom. The minimum atomic E-state index is -4.52. The number of aryl methyl sites for hydroxylation is 2. The number of ether oxygens (including phenoxy) is 1. The summed E-state index contributed by atoms with van der Waals surface area (Å²) >= 11 is 0. The van der Waals surface area contributed by atoms with Crippen LogP contribution < -0.4 is 4.74 Å². The number of rotatable bonds is 4. The zero-order valence-corrected chi connectivity index (χ0v) is 13.6. The number of hydrogen-bond donors (Lipinski definition) is 1. The van der Waals surface area contributed by atoms with Crippen molar-refractivity contribution in [2.75, 3.05) is 0 Å². The lowest BCUT2D eigenvalue weighted by Crippen LogP contribution is -2.23. The summed E-state index contributed by atoms with van der Waals surface area (Å²) in [7, 11) is 1.68. The van der Waals surface area contributed by atoms with Crippen molar-refractivity contribution in [3.8, 4) is 16.9 Å². The van der Waals surface area contributed by atoms with Gasteiger partial charge in [-0.1, -0.05) is 0 Å². The number of hydrogen-bond acceptors (Lipinski definition) is 3. The molecule has 2 rings (SSSR count). The van der Waals surface area contributed by atoms with Crippen LogP contribution in [0.4, 0.5) is 13.2 Å². The number of carboxylic acid groups (broad SMARTS) is 1. The van der Waals surface area contributed by atoms with Gasteiger partial charge in [0.05, 0.1) is 11.3 Å². The number of carbonyl (C=O) groups is 1. The summed E-state index contributed by atoms with van der Waals surface area (Å²) in [5, 5.41) is 13.2. The maximum absolute atomic E-state index is 13.1. The van der Waals surface area contributed by atoms with Gasteiger partial charge in [0.25, 0.3) is 0 Å². The van der Waals surface area contributed by atoms with Crippen molar-refractivity contribution in [1.82, 2.24) is 9.78 Å². The molecule has 0 unspecified atom stereocenters. The van der Waals surface area contributed by atoms with Gasteiger partial charge in [-0.3, -0.25) is 4.68 Å². The van der Waals surface area contributed by atoms with Crippen molar-refractivity contribution in [3.63, 3.8) is 0 Å². The average molecular weight is 342 g/mol. The number of carboxylic acids is 1. The van der Waals surface area contributed by atoms with Crippen molar-refractivity contribution >= 4 is 5.97 Å². The van der Waals surface area contributed by atoms with Crippen molar-refractivity contribution in [2.24, 2.45) is 7.05 Å². The molecule has 0 bridgehead atoms. The second-order valence-corrected chi connectivity index (χ2v) is 5.48. The number of alkyl halides is 3. The van der Waals surface area contributed by atoms with E-state index in [1.54, 1.807) is 25.6 Å².